The van der Waals surface area contributed by atoms with Crippen molar-refractivity contribution in [2.75, 3.05) is 0 Å². The molecule has 0 heterocycles. The average Bonchev–Trinajstić information content (AvgIpc) is 2.47. The molecular formula is C18H20N2O3S. The maximum Gasteiger partial charge on any atom is 0.452 e. The topological polar surface area (TPSA) is 87.6 Å². The summed E-state index contributed by atoms with van der Waals surface area (Å²) >= 11 is 0. The molecule has 126 valence electrons. The Hall–Kier alpha value is -2.30. The van der Waals surface area contributed by atoms with Gasteiger partial charge in [0.2, 0.25) is 0 Å². The van der Waals surface area contributed by atoms with Crippen LogP contribution in [0.4, 0.5) is 0 Å². The van der Waals surface area contributed by atoms with Gasteiger partial charge in [0, 0.05) is 5.41 Å². The van der Waals surface area contributed by atoms with E-state index in [1.165, 1.54) is 12.1 Å². The molecule has 0 aromatic heterocycles. The lowest BCUT2D eigenvalue weighted by Crippen LogP contribution is -2.34. The van der Waals surface area contributed by atoms with Gasteiger partial charge < -0.3 is 5.53 Å². The van der Waals surface area contributed by atoms with Crippen LogP contribution in [0.2, 0.25) is 0 Å². The molecule has 0 radical (unpaired) electrons. The van der Waals surface area contributed by atoms with Crippen LogP contribution in [0.5, 0.6) is 0 Å². The predicted molar refractivity (Wildman–Crippen MR) is 93.7 cm³/mol. The first kappa shape index (κ1) is 18.0. The van der Waals surface area contributed by atoms with Gasteiger partial charge in [-0.2, -0.15) is 0 Å². The number of benzene rings is 2. The molecule has 0 spiro atoms. The SMILES string of the molecule is Cc1cc2ccc(S(=O)(=O)C(=[N+]=[N-])C(=O)C(C)(C)C)cc2cc1C. The van der Waals surface area contributed by atoms with E-state index >= 15 is 0 Å². The number of carbonyl (C=O) groups excluding carboxylic acids is 1. The number of hydrogen-bond acceptors (Lipinski definition) is 3. The zero-order valence-electron chi connectivity index (χ0n) is 14.4. The number of hydrogen-bond donors (Lipinski definition) is 0. The first-order valence-corrected chi connectivity index (χ1v) is 9.00. The Kier molecular flexibility index (Phi) is 4.48. The molecule has 0 unspecified atom stereocenters. The van der Waals surface area contributed by atoms with Gasteiger partial charge in [0.25, 0.3) is 15.6 Å². The second-order valence-corrected chi connectivity index (χ2v) is 8.80. The molecule has 2 rings (SSSR count). The molecule has 0 fully saturated rings. The highest BCUT2D eigenvalue weighted by Crippen LogP contribution is 2.25. The predicted octanol–water partition coefficient (Wildman–Crippen LogP) is 3.47. The maximum atomic E-state index is 12.7. The van der Waals surface area contributed by atoms with E-state index in [0.717, 1.165) is 21.9 Å². The minimum absolute atomic E-state index is 0.0661. The Morgan fingerprint density at radius 1 is 1.00 bits per heavy atom. The van der Waals surface area contributed by atoms with Crippen LogP contribution >= 0.6 is 0 Å². The van der Waals surface area contributed by atoms with Crippen molar-refractivity contribution in [2.24, 2.45) is 5.41 Å². The van der Waals surface area contributed by atoms with Gasteiger partial charge in [-0.05, 0) is 47.9 Å². The first-order valence-electron chi connectivity index (χ1n) is 7.51. The molecule has 0 aliphatic carbocycles. The summed E-state index contributed by atoms with van der Waals surface area (Å²) < 4.78 is 25.5. The van der Waals surface area contributed by atoms with E-state index in [-0.39, 0.29) is 4.90 Å². The molecule has 6 heteroatoms. The van der Waals surface area contributed by atoms with Crippen LogP contribution in [0.15, 0.2) is 35.2 Å². The van der Waals surface area contributed by atoms with Gasteiger partial charge in [0.05, 0.1) is 4.90 Å². The third kappa shape index (κ3) is 3.16. The van der Waals surface area contributed by atoms with Gasteiger partial charge in [0.15, 0.2) is 0 Å². The van der Waals surface area contributed by atoms with Gasteiger partial charge in [-0.15, -0.1) is 4.79 Å². The summed E-state index contributed by atoms with van der Waals surface area (Å²) in [7, 11) is -4.20. The van der Waals surface area contributed by atoms with Crippen LogP contribution in [0.25, 0.3) is 16.3 Å². The molecule has 0 saturated heterocycles. The van der Waals surface area contributed by atoms with Crippen LogP contribution in [0, 0.1) is 19.3 Å². The number of Topliss-reactive ketones (excluding diaryl/α,β-unsaturated/α-hetero) is 1. The van der Waals surface area contributed by atoms with E-state index in [0.29, 0.717) is 0 Å². The van der Waals surface area contributed by atoms with Gasteiger partial charge in [0.1, 0.15) is 0 Å². The Bertz CT molecular complexity index is 993. The van der Waals surface area contributed by atoms with Crippen molar-refractivity contribution in [1.29, 1.82) is 0 Å². The largest absolute Gasteiger partial charge is 0.452 e. The lowest BCUT2D eigenvalue weighted by molar-refractivity contribution is -0.123. The molecule has 0 N–H and O–H groups in total. The fourth-order valence-electron chi connectivity index (χ4n) is 2.32. The van der Waals surface area contributed by atoms with Gasteiger partial charge in [-0.25, -0.2) is 8.42 Å². The number of sulfone groups is 1. The summed E-state index contributed by atoms with van der Waals surface area (Å²) in [4.78, 5) is 15.0. The highest BCUT2D eigenvalue weighted by Gasteiger charge is 2.43. The molecule has 0 bridgehead atoms. The third-order valence-corrected chi connectivity index (χ3v) is 5.61. The second kappa shape index (κ2) is 5.96. The zero-order chi connectivity index (χ0) is 18.3. The van der Waals surface area contributed by atoms with Crippen molar-refractivity contribution >= 4 is 31.4 Å². The Morgan fingerprint density at radius 3 is 2.04 bits per heavy atom. The van der Waals surface area contributed by atoms with Crippen LogP contribution < -0.4 is 0 Å². The summed E-state index contributed by atoms with van der Waals surface area (Å²) in [5.74, 6) is -0.731. The lowest BCUT2D eigenvalue weighted by Gasteiger charge is -2.13. The zero-order valence-corrected chi connectivity index (χ0v) is 15.2. The van der Waals surface area contributed by atoms with Crippen molar-refractivity contribution in [2.45, 2.75) is 39.5 Å². The van der Waals surface area contributed by atoms with Crippen molar-refractivity contribution in [3.05, 3.63) is 47.0 Å². The number of aryl methyl sites for hydroxylation is 2. The normalized spacial score (nSPS) is 12.0. The average molecular weight is 344 g/mol. The second-order valence-electron chi connectivity index (χ2n) is 6.93. The Morgan fingerprint density at radius 2 is 1.54 bits per heavy atom. The summed E-state index contributed by atoms with van der Waals surface area (Å²) in [6.45, 7) is 8.64. The van der Waals surface area contributed by atoms with Crippen molar-refractivity contribution in [3.63, 3.8) is 0 Å². The van der Waals surface area contributed by atoms with Crippen LogP contribution in [-0.2, 0) is 14.6 Å². The summed E-state index contributed by atoms with van der Waals surface area (Å²) in [6.07, 6.45) is 0. The number of fused-ring (bicyclic) bond motifs is 1. The standard InChI is InChI=1S/C18H20N2O3S/c1-11-8-13-6-7-15(10-14(13)9-12(11)2)24(22,23)17(20-19)16(21)18(3,4)5/h6-10H,1-5H3. The molecule has 2 aromatic carbocycles. The van der Waals surface area contributed by atoms with Crippen molar-refractivity contribution in [1.82, 2.24) is 0 Å². The maximum absolute atomic E-state index is 12.7. The van der Waals surface area contributed by atoms with E-state index in [1.807, 2.05) is 26.0 Å². The molecule has 2 aromatic rings. The van der Waals surface area contributed by atoms with Gasteiger partial charge >= 0.3 is 5.04 Å². The van der Waals surface area contributed by atoms with E-state index in [9.17, 15) is 13.2 Å². The fourth-order valence-corrected chi connectivity index (χ4v) is 3.73. The van der Waals surface area contributed by atoms with Crippen LogP contribution in [0.3, 0.4) is 0 Å². The summed E-state index contributed by atoms with van der Waals surface area (Å²) in [5.41, 5.74) is 10.3. The molecule has 0 aliphatic heterocycles. The number of ketones is 1. The summed E-state index contributed by atoms with van der Waals surface area (Å²) in [6, 6.07) is 8.48. The molecule has 0 atom stereocenters. The van der Waals surface area contributed by atoms with Crippen LogP contribution in [0.1, 0.15) is 31.9 Å². The third-order valence-electron chi connectivity index (χ3n) is 3.96. The molecule has 24 heavy (non-hydrogen) atoms. The van der Waals surface area contributed by atoms with E-state index in [1.54, 1.807) is 26.8 Å². The van der Waals surface area contributed by atoms with E-state index < -0.39 is 26.1 Å². The minimum atomic E-state index is -4.20. The van der Waals surface area contributed by atoms with E-state index in [4.69, 9.17) is 5.53 Å². The summed E-state index contributed by atoms with van der Waals surface area (Å²) in [5, 5.41) is 0.819. The highest BCUT2D eigenvalue weighted by molar-refractivity contribution is 8.08. The quantitative estimate of drug-likeness (QED) is 0.362. The van der Waals surface area contributed by atoms with Crippen molar-refractivity contribution in [3.8, 4) is 0 Å². The van der Waals surface area contributed by atoms with Crippen molar-refractivity contribution < 1.29 is 18.0 Å². The molecular weight excluding hydrogens is 324 g/mol. The first-order chi connectivity index (χ1) is 11.0. The van der Waals surface area contributed by atoms with E-state index in [2.05, 4.69) is 4.79 Å². The lowest BCUT2D eigenvalue weighted by atomic mass is 9.91. The fraction of sp³-hybridized carbons (Fsp3) is 0.333. The van der Waals surface area contributed by atoms with Gasteiger partial charge in [-0.1, -0.05) is 39.0 Å². The Labute approximate surface area is 141 Å². The van der Waals surface area contributed by atoms with Crippen LogP contribution in [-0.4, -0.2) is 24.0 Å². The molecule has 0 aliphatic rings. The molecule has 0 saturated carbocycles. The molecule has 5 nitrogen and oxygen atoms in total. The number of nitrogens with zero attached hydrogens (tertiary/aromatic N) is 2. The number of carbonyl (C=O) groups is 1. The monoisotopic (exact) mass is 344 g/mol. The highest BCUT2D eigenvalue weighted by atomic mass is 32.2. The molecule has 0 amide bonds. The van der Waals surface area contributed by atoms with Gasteiger partial charge in [-0.3, -0.25) is 4.79 Å². The minimum Gasteiger partial charge on any atom is -0.360 e. The Balaban J connectivity index is 2.65. The smallest absolute Gasteiger partial charge is 0.360 e. The number of rotatable bonds is 2.